The number of nitrogens with zero attached hydrogens (tertiary/aromatic N) is 3. The van der Waals surface area contributed by atoms with E-state index in [1.165, 1.54) is 0 Å². The average Bonchev–Trinajstić information content (AvgIpc) is 3.69. The van der Waals surface area contributed by atoms with Gasteiger partial charge in [0.2, 0.25) is 5.91 Å². The number of hydrogen-bond acceptors (Lipinski definition) is 6. The number of rotatable bonds is 10. The first-order valence-electron chi connectivity index (χ1n) is 11.6. The second-order valence-electron chi connectivity index (χ2n) is 8.79. The molecule has 4 atom stereocenters. The molecule has 0 unspecified atom stereocenters. The molecule has 0 radical (unpaired) electrons. The number of hydrogen-bond donors (Lipinski definition) is 1. The average molecular weight is 461 g/mol. The lowest BCUT2D eigenvalue weighted by Crippen LogP contribution is -2.47. The minimum atomic E-state index is -0.313. The molecule has 34 heavy (non-hydrogen) atoms. The molecular weight excluding hydrogens is 428 g/mol. The molecule has 1 heterocycles. The molecule has 0 bridgehead atoms. The molecule has 1 amide bonds. The number of anilines is 1. The third-order valence-electron chi connectivity index (χ3n) is 6.44. The quantitative estimate of drug-likeness (QED) is 0.495. The molecule has 7 heteroatoms. The number of aromatic nitrogens is 2. The van der Waals surface area contributed by atoms with E-state index in [4.69, 9.17) is 15.2 Å². The highest BCUT2D eigenvalue weighted by molar-refractivity contribution is 5.97. The largest absolute Gasteiger partial charge is 0.380 e. The van der Waals surface area contributed by atoms with Crippen LogP contribution >= 0.6 is 0 Å². The van der Waals surface area contributed by atoms with E-state index in [1.807, 2.05) is 31.2 Å². The number of carbonyl (C=O) groups excluding carboxylic acids is 1. The van der Waals surface area contributed by atoms with Crippen molar-refractivity contribution in [2.45, 2.75) is 38.0 Å². The van der Waals surface area contributed by atoms with Crippen LogP contribution in [0.5, 0.6) is 0 Å². The Bertz CT molecular complexity index is 1070. The molecule has 2 aromatic carbocycles. The Labute approximate surface area is 200 Å². The molecule has 2 N–H and O–H groups in total. The van der Waals surface area contributed by atoms with Gasteiger partial charge in [0.05, 0.1) is 12.7 Å². The zero-order chi connectivity index (χ0) is 24.1. The summed E-state index contributed by atoms with van der Waals surface area (Å²) in [7, 11) is 3.32. The summed E-state index contributed by atoms with van der Waals surface area (Å²) in [6.45, 7) is 2.88. The van der Waals surface area contributed by atoms with Crippen molar-refractivity contribution >= 4 is 11.6 Å². The van der Waals surface area contributed by atoms with E-state index < -0.39 is 0 Å². The molecule has 1 aliphatic carbocycles. The van der Waals surface area contributed by atoms with Crippen molar-refractivity contribution in [2.24, 2.45) is 11.7 Å². The first-order valence-corrected chi connectivity index (χ1v) is 11.6. The lowest BCUT2D eigenvalue weighted by Gasteiger charge is -2.29. The number of amides is 1. The van der Waals surface area contributed by atoms with Crippen LogP contribution in [0.15, 0.2) is 67.0 Å². The summed E-state index contributed by atoms with van der Waals surface area (Å²) in [5.41, 5.74) is 10.5. The van der Waals surface area contributed by atoms with E-state index in [-0.39, 0.29) is 29.9 Å². The Morgan fingerprint density at radius 1 is 1.06 bits per heavy atom. The minimum absolute atomic E-state index is 0.0490. The van der Waals surface area contributed by atoms with Gasteiger partial charge in [-0.1, -0.05) is 36.4 Å². The highest BCUT2D eigenvalue weighted by atomic mass is 16.5. The van der Waals surface area contributed by atoms with Gasteiger partial charge in [0.1, 0.15) is 5.82 Å². The van der Waals surface area contributed by atoms with Crippen LogP contribution in [0.25, 0.3) is 11.1 Å². The number of benzene rings is 2. The van der Waals surface area contributed by atoms with E-state index >= 15 is 0 Å². The second kappa shape index (κ2) is 10.9. The molecule has 1 aromatic heterocycles. The van der Waals surface area contributed by atoms with Crippen molar-refractivity contribution in [3.8, 4) is 11.1 Å². The van der Waals surface area contributed by atoms with E-state index in [2.05, 4.69) is 34.2 Å². The van der Waals surface area contributed by atoms with Crippen LogP contribution in [0.4, 0.5) is 5.69 Å². The SMILES string of the molecule is COCc1ccc(-c2ccc(N(C[C@@H](N)[C@@H](C)OC)C(=O)[C@@H]3C[C@H]3c3ncccn3)cc2)cc1. The van der Waals surface area contributed by atoms with Gasteiger partial charge >= 0.3 is 0 Å². The van der Waals surface area contributed by atoms with Crippen LogP contribution in [0, 0.1) is 5.92 Å². The maximum absolute atomic E-state index is 13.6. The fourth-order valence-electron chi connectivity index (χ4n) is 4.11. The highest BCUT2D eigenvalue weighted by Crippen LogP contribution is 2.47. The van der Waals surface area contributed by atoms with Crippen molar-refractivity contribution in [3.63, 3.8) is 0 Å². The van der Waals surface area contributed by atoms with Gasteiger partial charge < -0.3 is 20.1 Å². The molecule has 1 fully saturated rings. The first kappa shape index (κ1) is 24.0. The van der Waals surface area contributed by atoms with Gasteiger partial charge in [-0.2, -0.15) is 0 Å². The number of methoxy groups -OCH3 is 2. The predicted molar refractivity (Wildman–Crippen MR) is 132 cm³/mol. The Balaban J connectivity index is 1.54. The summed E-state index contributed by atoms with van der Waals surface area (Å²) in [4.78, 5) is 24.0. The van der Waals surface area contributed by atoms with E-state index in [0.29, 0.717) is 13.2 Å². The smallest absolute Gasteiger partial charge is 0.230 e. The molecule has 7 nitrogen and oxygen atoms in total. The molecule has 1 saturated carbocycles. The van der Waals surface area contributed by atoms with Crippen LogP contribution in [-0.4, -0.2) is 48.8 Å². The first-order chi connectivity index (χ1) is 16.5. The van der Waals surface area contributed by atoms with Crippen molar-refractivity contribution in [1.82, 2.24) is 9.97 Å². The number of ether oxygens (including phenoxy) is 2. The molecule has 1 aliphatic rings. The summed E-state index contributed by atoms with van der Waals surface area (Å²) in [5.74, 6) is 0.688. The molecule has 0 aliphatic heterocycles. The molecule has 178 valence electrons. The topological polar surface area (TPSA) is 90.6 Å². The van der Waals surface area contributed by atoms with Gasteiger partial charge in [-0.15, -0.1) is 0 Å². The fourth-order valence-corrected chi connectivity index (χ4v) is 4.11. The third-order valence-corrected chi connectivity index (χ3v) is 6.44. The Kier molecular flexibility index (Phi) is 7.67. The normalized spacial score (nSPS) is 18.8. The molecule has 0 saturated heterocycles. The summed E-state index contributed by atoms with van der Waals surface area (Å²) in [6, 6.07) is 17.8. The second-order valence-corrected chi connectivity index (χ2v) is 8.79. The van der Waals surface area contributed by atoms with Gasteiger partial charge in [-0.25, -0.2) is 9.97 Å². The van der Waals surface area contributed by atoms with Gasteiger partial charge in [0.15, 0.2) is 0 Å². The van der Waals surface area contributed by atoms with Crippen molar-refractivity contribution < 1.29 is 14.3 Å². The van der Waals surface area contributed by atoms with Crippen LogP contribution in [0.3, 0.4) is 0 Å². The molecular formula is C27H32N4O3. The van der Waals surface area contributed by atoms with Crippen molar-refractivity contribution in [2.75, 3.05) is 25.7 Å². The Morgan fingerprint density at radius 2 is 1.68 bits per heavy atom. The number of carbonyl (C=O) groups is 1. The maximum Gasteiger partial charge on any atom is 0.230 e. The standard InChI is InChI=1S/C27H32N4O3/c1-18(34-3)25(28)16-31(27(32)24-15-23(24)26-29-13-4-14-30-26)22-11-9-21(10-12-22)20-7-5-19(6-8-20)17-33-2/h4-14,18,23-25H,15-17,28H2,1-3H3/t18-,23-,24-,25-/m1/s1. The lowest BCUT2D eigenvalue weighted by molar-refractivity contribution is -0.120. The monoisotopic (exact) mass is 460 g/mol. The molecule has 4 rings (SSSR count). The summed E-state index contributed by atoms with van der Waals surface area (Å²) >= 11 is 0. The van der Waals surface area contributed by atoms with Crippen molar-refractivity contribution in [1.29, 1.82) is 0 Å². The van der Waals surface area contributed by atoms with Crippen LogP contribution in [0.1, 0.15) is 30.7 Å². The minimum Gasteiger partial charge on any atom is -0.380 e. The van der Waals surface area contributed by atoms with Crippen LogP contribution < -0.4 is 10.6 Å². The third kappa shape index (κ3) is 5.50. The van der Waals surface area contributed by atoms with Gasteiger partial charge in [0, 0.05) is 56.7 Å². The fraction of sp³-hybridized carbons (Fsp3) is 0.370. The summed E-state index contributed by atoms with van der Waals surface area (Å²) < 4.78 is 10.6. The summed E-state index contributed by atoms with van der Waals surface area (Å²) in [5, 5.41) is 0. The van der Waals surface area contributed by atoms with Crippen LogP contribution in [0.2, 0.25) is 0 Å². The summed E-state index contributed by atoms with van der Waals surface area (Å²) in [6.07, 6.45) is 4.01. The zero-order valence-corrected chi connectivity index (χ0v) is 19.9. The van der Waals surface area contributed by atoms with E-state index in [1.54, 1.807) is 37.6 Å². The van der Waals surface area contributed by atoms with E-state index in [0.717, 1.165) is 34.6 Å². The number of nitrogens with two attached hydrogens (primary N) is 1. The highest BCUT2D eigenvalue weighted by Gasteiger charge is 2.48. The predicted octanol–water partition coefficient (Wildman–Crippen LogP) is 3.79. The Hall–Kier alpha value is -3.13. The Morgan fingerprint density at radius 3 is 2.26 bits per heavy atom. The van der Waals surface area contributed by atoms with Crippen LogP contribution in [-0.2, 0) is 20.9 Å². The van der Waals surface area contributed by atoms with Gasteiger partial charge in [0.25, 0.3) is 0 Å². The van der Waals surface area contributed by atoms with Gasteiger partial charge in [-0.05, 0) is 48.2 Å². The zero-order valence-electron chi connectivity index (χ0n) is 19.9. The maximum atomic E-state index is 13.6. The molecule has 3 aromatic rings. The lowest BCUT2D eigenvalue weighted by atomic mass is 10.0. The van der Waals surface area contributed by atoms with Crippen molar-refractivity contribution in [3.05, 3.63) is 78.4 Å². The van der Waals surface area contributed by atoms with Gasteiger partial charge in [-0.3, -0.25) is 4.79 Å². The van der Waals surface area contributed by atoms with E-state index in [9.17, 15) is 4.79 Å². The molecule has 0 spiro atoms.